The molecule has 2 heterocycles. The van der Waals surface area contributed by atoms with Gasteiger partial charge in [0.1, 0.15) is 0 Å². The molecule has 1 aliphatic carbocycles. The Hall–Kier alpha value is -1.05. The van der Waals surface area contributed by atoms with Crippen molar-refractivity contribution in [2.24, 2.45) is 5.41 Å². The van der Waals surface area contributed by atoms with Gasteiger partial charge in [-0.05, 0) is 12.8 Å². The van der Waals surface area contributed by atoms with Crippen LogP contribution in [-0.4, -0.2) is 22.1 Å². The number of fused-ring (bicyclic) bond motifs is 1. The molecule has 1 fully saturated rings. The lowest BCUT2D eigenvalue weighted by atomic mass is 9.64. The summed E-state index contributed by atoms with van der Waals surface area (Å²) >= 11 is 2.10. The highest BCUT2D eigenvalue weighted by molar-refractivity contribution is 14.1. The number of halogens is 1. The molecule has 5 nitrogen and oxygen atoms in total. The summed E-state index contributed by atoms with van der Waals surface area (Å²) in [5.74, 6) is -0.517. The van der Waals surface area contributed by atoms with Crippen LogP contribution in [0.5, 0.6) is 5.75 Å². The van der Waals surface area contributed by atoms with Crippen LogP contribution in [0, 0.1) is 5.41 Å². The first-order chi connectivity index (χ1) is 8.05. The maximum absolute atomic E-state index is 12.4. The summed E-state index contributed by atoms with van der Waals surface area (Å²) in [6, 6.07) is 1.27. The average Bonchev–Trinajstić information content (AvgIpc) is 2.25. The molecule has 1 aromatic heterocycles. The fourth-order valence-corrected chi connectivity index (χ4v) is 3.56. The highest BCUT2D eigenvalue weighted by atomic mass is 127. The number of carbonyl (C=O) groups excluding carboxylic acids is 1. The van der Waals surface area contributed by atoms with Crippen LogP contribution in [0.15, 0.2) is 17.1 Å². The number of carbonyl (C=O) groups is 1. The molecule has 1 spiro atoms. The highest BCUT2D eigenvalue weighted by Crippen LogP contribution is 2.47. The Labute approximate surface area is 112 Å². The van der Waals surface area contributed by atoms with Crippen molar-refractivity contribution in [3.8, 4) is 5.75 Å². The van der Waals surface area contributed by atoms with E-state index < -0.39 is 11.2 Å². The second-order valence-electron chi connectivity index (χ2n) is 4.68. The summed E-state index contributed by atoms with van der Waals surface area (Å²) in [5, 5.41) is 9.80. The normalized spacial score (nSPS) is 21.2. The second kappa shape index (κ2) is 3.47. The molecule has 0 unspecified atom stereocenters. The highest BCUT2D eigenvalue weighted by Gasteiger charge is 2.50. The van der Waals surface area contributed by atoms with Crippen molar-refractivity contribution in [1.29, 1.82) is 0 Å². The monoisotopic (exact) mass is 346 g/mol. The zero-order chi connectivity index (χ0) is 12.2. The third kappa shape index (κ3) is 1.36. The molecule has 1 aliphatic heterocycles. The molecule has 0 bridgehead atoms. The number of Topliss-reactive ketones (excluding diaryl/α,β-unsaturated/α-hetero) is 1. The van der Waals surface area contributed by atoms with Crippen molar-refractivity contribution in [2.75, 3.05) is 9.77 Å². The standard InChI is InChI=1S/C11H11IN2O3/c12-14-6-11(3-1-4-11)10(17)8-9(16)7(15)2-5-13(8)14/h2,5,16H,1,3-4,6H2. The van der Waals surface area contributed by atoms with Crippen molar-refractivity contribution in [2.45, 2.75) is 19.3 Å². The minimum absolute atomic E-state index is 0.0909. The van der Waals surface area contributed by atoms with Gasteiger partial charge in [0.05, 0.1) is 34.8 Å². The predicted molar refractivity (Wildman–Crippen MR) is 70.1 cm³/mol. The zero-order valence-corrected chi connectivity index (χ0v) is 11.2. The van der Waals surface area contributed by atoms with Gasteiger partial charge in [-0.1, -0.05) is 6.42 Å². The van der Waals surface area contributed by atoms with Gasteiger partial charge in [-0.15, -0.1) is 0 Å². The summed E-state index contributed by atoms with van der Waals surface area (Å²) in [6.45, 7) is 0.641. The minimum Gasteiger partial charge on any atom is -0.503 e. The number of aromatic nitrogens is 1. The van der Waals surface area contributed by atoms with E-state index in [0.29, 0.717) is 6.54 Å². The van der Waals surface area contributed by atoms with Crippen LogP contribution >= 0.6 is 22.9 Å². The quantitative estimate of drug-likeness (QED) is 0.567. The first-order valence-corrected chi connectivity index (χ1v) is 6.45. The Morgan fingerprint density at radius 1 is 1.35 bits per heavy atom. The van der Waals surface area contributed by atoms with Crippen molar-refractivity contribution < 1.29 is 9.90 Å². The Kier molecular flexibility index (Phi) is 2.26. The Balaban J connectivity index is 2.23. The van der Waals surface area contributed by atoms with E-state index in [4.69, 9.17) is 0 Å². The molecule has 1 aromatic rings. The molecular formula is C11H11IN2O3. The molecule has 0 radical (unpaired) electrons. The summed E-state index contributed by atoms with van der Waals surface area (Å²) in [5.41, 5.74) is -0.740. The summed E-state index contributed by atoms with van der Waals surface area (Å²) < 4.78 is 3.41. The number of hydrogen-bond donors (Lipinski definition) is 1. The van der Waals surface area contributed by atoms with Crippen molar-refractivity contribution >= 4 is 28.6 Å². The Morgan fingerprint density at radius 3 is 2.65 bits per heavy atom. The van der Waals surface area contributed by atoms with Gasteiger partial charge in [-0.2, -0.15) is 0 Å². The number of rotatable bonds is 0. The molecule has 0 amide bonds. The zero-order valence-electron chi connectivity index (χ0n) is 9.02. The maximum atomic E-state index is 12.4. The summed E-state index contributed by atoms with van der Waals surface area (Å²) in [4.78, 5) is 23.8. The smallest absolute Gasteiger partial charge is 0.224 e. The van der Waals surface area contributed by atoms with E-state index in [-0.39, 0.29) is 16.9 Å². The number of hydrogen-bond acceptors (Lipinski definition) is 4. The van der Waals surface area contributed by atoms with E-state index in [0.717, 1.165) is 19.3 Å². The van der Waals surface area contributed by atoms with E-state index in [9.17, 15) is 14.7 Å². The fourth-order valence-electron chi connectivity index (χ4n) is 2.55. The van der Waals surface area contributed by atoms with Gasteiger partial charge >= 0.3 is 0 Å². The van der Waals surface area contributed by atoms with Crippen LogP contribution in [0.4, 0.5) is 0 Å². The third-order valence-corrected chi connectivity index (χ3v) is 4.53. The summed E-state index contributed by atoms with van der Waals surface area (Å²) in [7, 11) is 0. The van der Waals surface area contributed by atoms with Gasteiger partial charge in [-0.3, -0.25) is 12.8 Å². The van der Waals surface area contributed by atoms with E-state index >= 15 is 0 Å². The molecule has 2 aliphatic rings. The van der Waals surface area contributed by atoms with Crippen LogP contribution in [0.1, 0.15) is 29.8 Å². The number of aromatic hydroxyl groups is 1. The number of ketones is 1. The third-order valence-electron chi connectivity index (χ3n) is 3.73. The van der Waals surface area contributed by atoms with Gasteiger partial charge in [0, 0.05) is 12.3 Å². The van der Waals surface area contributed by atoms with Gasteiger partial charge < -0.3 is 5.11 Å². The van der Waals surface area contributed by atoms with E-state index in [1.54, 1.807) is 4.68 Å². The SMILES string of the molecule is O=C1c2c(O)c(=O)ccn2N(I)CC12CCC2. The topological polar surface area (TPSA) is 62.5 Å². The Bertz CT molecular complexity index is 562. The predicted octanol–water partition coefficient (Wildman–Crippen LogP) is 1.21. The lowest BCUT2D eigenvalue weighted by Gasteiger charge is -2.46. The van der Waals surface area contributed by atoms with Crippen LogP contribution < -0.4 is 8.65 Å². The molecule has 0 atom stereocenters. The minimum atomic E-state index is -0.495. The molecule has 0 aromatic carbocycles. The van der Waals surface area contributed by atoms with Crippen molar-refractivity contribution in [3.63, 3.8) is 0 Å². The van der Waals surface area contributed by atoms with E-state index in [1.807, 2.05) is 3.22 Å². The lowest BCUT2D eigenvalue weighted by molar-refractivity contribution is 0.0580. The number of nitrogens with zero attached hydrogens (tertiary/aromatic N) is 2. The lowest BCUT2D eigenvalue weighted by Crippen LogP contribution is -2.54. The fraction of sp³-hybridized carbons (Fsp3) is 0.455. The first-order valence-electron chi connectivity index (χ1n) is 5.48. The van der Waals surface area contributed by atoms with Gasteiger partial charge in [0.2, 0.25) is 5.43 Å². The molecular weight excluding hydrogens is 335 g/mol. The van der Waals surface area contributed by atoms with Crippen molar-refractivity contribution in [1.82, 2.24) is 4.68 Å². The maximum Gasteiger partial charge on any atom is 0.224 e. The molecule has 17 heavy (non-hydrogen) atoms. The van der Waals surface area contributed by atoms with Crippen LogP contribution in [0.3, 0.4) is 0 Å². The molecule has 3 rings (SSSR count). The van der Waals surface area contributed by atoms with E-state index in [1.165, 1.54) is 12.3 Å². The van der Waals surface area contributed by atoms with Crippen LogP contribution in [-0.2, 0) is 0 Å². The molecule has 90 valence electrons. The average molecular weight is 346 g/mol. The first kappa shape index (κ1) is 11.1. The van der Waals surface area contributed by atoms with Gasteiger partial charge in [0.15, 0.2) is 17.2 Å². The van der Waals surface area contributed by atoms with Gasteiger partial charge in [-0.25, -0.2) is 4.68 Å². The second-order valence-corrected chi connectivity index (χ2v) is 5.79. The summed E-state index contributed by atoms with van der Waals surface area (Å²) in [6.07, 6.45) is 4.25. The van der Waals surface area contributed by atoms with Crippen LogP contribution in [0.2, 0.25) is 0 Å². The van der Waals surface area contributed by atoms with Gasteiger partial charge in [0.25, 0.3) is 0 Å². The molecule has 6 heteroatoms. The van der Waals surface area contributed by atoms with E-state index in [2.05, 4.69) is 22.9 Å². The Morgan fingerprint density at radius 2 is 2.06 bits per heavy atom. The molecule has 1 saturated carbocycles. The molecule has 1 N–H and O–H groups in total. The largest absolute Gasteiger partial charge is 0.503 e. The molecule has 0 saturated heterocycles. The van der Waals surface area contributed by atoms with Crippen LogP contribution in [0.25, 0.3) is 0 Å². The number of pyridine rings is 1. The van der Waals surface area contributed by atoms with Crippen molar-refractivity contribution in [3.05, 3.63) is 28.2 Å².